The Kier molecular flexibility index (Phi) is 9.91. The number of ether oxygens (including phenoxy) is 2. The van der Waals surface area contributed by atoms with Crippen molar-refractivity contribution in [3.8, 4) is 0 Å². The zero-order valence-corrected chi connectivity index (χ0v) is 15.0. The van der Waals surface area contributed by atoms with Crippen molar-refractivity contribution in [2.75, 3.05) is 47.0 Å². The smallest absolute Gasteiger partial charge is 0.310 e. The predicted molar refractivity (Wildman–Crippen MR) is 89.5 cm³/mol. The first-order valence-electron chi connectivity index (χ1n) is 6.74. The molecule has 1 fully saturated rings. The maximum absolute atomic E-state index is 11.7. The number of guanidine groups is 1. The van der Waals surface area contributed by atoms with Gasteiger partial charge in [-0.15, -0.1) is 24.0 Å². The van der Waals surface area contributed by atoms with Gasteiger partial charge in [-0.1, -0.05) is 6.92 Å². The zero-order valence-electron chi connectivity index (χ0n) is 12.7. The summed E-state index contributed by atoms with van der Waals surface area (Å²) in [5.41, 5.74) is 0. The molecule has 1 rings (SSSR count). The lowest BCUT2D eigenvalue weighted by Crippen LogP contribution is -2.40. The quantitative estimate of drug-likeness (QED) is 0.245. The molecule has 20 heavy (non-hydrogen) atoms. The monoisotopic (exact) mass is 399 g/mol. The van der Waals surface area contributed by atoms with E-state index in [-0.39, 0.29) is 41.8 Å². The van der Waals surface area contributed by atoms with Gasteiger partial charge in [0.05, 0.1) is 26.2 Å². The highest BCUT2D eigenvalue weighted by Gasteiger charge is 2.36. The number of nitrogens with zero attached hydrogens (tertiary/aromatic N) is 2. The summed E-state index contributed by atoms with van der Waals surface area (Å²) in [7, 11) is 3.10. The topological polar surface area (TPSA) is 63.2 Å². The Bertz CT molecular complexity index is 326. The standard InChI is InChI=1S/C13H25N3O3.HI/c1-5-14-13(15-6-7-18-3)16-8-10(2)11(9-16)12(17)19-4;/h10-11H,5-9H2,1-4H3,(H,14,15);1H. The van der Waals surface area contributed by atoms with E-state index in [4.69, 9.17) is 9.47 Å². The molecule has 0 radical (unpaired) electrons. The Labute approximate surface area is 138 Å². The summed E-state index contributed by atoms with van der Waals surface area (Å²) < 4.78 is 9.85. The van der Waals surface area contributed by atoms with Crippen molar-refractivity contribution < 1.29 is 14.3 Å². The molecule has 0 spiro atoms. The Balaban J connectivity index is 0.00000361. The van der Waals surface area contributed by atoms with Crippen molar-refractivity contribution in [3.63, 3.8) is 0 Å². The van der Waals surface area contributed by atoms with Crippen LogP contribution in [0.1, 0.15) is 13.8 Å². The lowest BCUT2D eigenvalue weighted by atomic mass is 9.99. The lowest BCUT2D eigenvalue weighted by molar-refractivity contribution is -0.145. The second-order valence-electron chi connectivity index (χ2n) is 4.74. The van der Waals surface area contributed by atoms with Gasteiger partial charge in [0.2, 0.25) is 0 Å². The summed E-state index contributed by atoms with van der Waals surface area (Å²) >= 11 is 0. The van der Waals surface area contributed by atoms with Gasteiger partial charge in [0, 0.05) is 26.7 Å². The van der Waals surface area contributed by atoms with E-state index in [1.165, 1.54) is 7.11 Å². The van der Waals surface area contributed by atoms with Crippen molar-refractivity contribution in [2.24, 2.45) is 16.8 Å². The Morgan fingerprint density at radius 3 is 2.65 bits per heavy atom. The number of nitrogens with one attached hydrogen (secondary N) is 1. The van der Waals surface area contributed by atoms with E-state index in [2.05, 4.69) is 22.1 Å². The number of esters is 1. The number of aliphatic imine (C=N–C) groups is 1. The van der Waals surface area contributed by atoms with Gasteiger partial charge in [0.1, 0.15) is 0 Å². The number of likely N-dealkylation sites (tertiary alicyclic amines) is 1. The third-order valence-electron chi connectivity index (χ3n) is 3.31. The fourth-order valence-corrected chi connectivity index (χ4v) is 2.27. The van der Waals surface area contributed by atoms with Gasteiger partial charge in [-0.2, -0.15) is 0 Å². The van der Waals surface area contributed by atoms with E-state index >= 15 is 0 Å². The average Bonchev–Trinajstić information content (AvgIpc) is 2.79. The second-order valence-corrected chi connectivity index (χ2v) is 4.74. The first kappa shape index (κ1) is 19.4. The van der Waals surface area contributed by atoms with Crippen molar-refractivity contribution in [1.82, 2.24) is 10.2 Å². The van der Waals surface area contributed by atoms with Crippen LogP contribution in [-0.4, -0.2) is 63.8 Å². The van der Waals surface area contributed by atoms with Crippen LogP contribution in [-0.2, 0) is 14.3 Å². The fraction of sp³-hybridized carbons (Fsp3) is 0.846. The van der Waals surface area contributed by atoms with Crippen LogP contribution in [0.5, 0.6) is 0 Å². The summed E-state index contributed by atoms with van der Waals surface area (Å²) in [4.78, 5) is 18.3. The second kappa shape index (κ2) is 10.2. The van der Waals surface area contributed by atoms with E-state index in [1.54, 1.807) is 7.11 Å². The molecule has 1 saturated heterocycles. The molecule has 118 valence electrons. The van der Waals surface area contributed by atoms with Gasteiger partial charge in [0.25, 0.3) is 0 Å². The van der Waals surface area contributed by atoms with Crippen LogP contribution in [0.2, 0.25) is 0 Å². The van der Waals surface area contributed by atoms with Gasteiger partial charge in [-0.25, -0.2) is 0 Å². The van der Waals surface area contributed by atoms with Crippen LogP contribution in [0, 0.1) is 11.8 Å². The van der Waals surface area contributed by atoms with Crippen molar-refractivity contribution in [3.05, 3.63) is 0 Å². The Morgan fingerprint density at radius 1 is 1.40 bits per heavy atom. The minimum absolute atomic E-state index is 0. The fourth-order valence-electron chi connectivity index (χ4n) is 2.27. The first-order valence-corrected chi connectivity index (χ1v) is 6.74. The average molecular weight is 399 g/mol. The predicted octanol–water partition coefficient (Wildman–Crippen LogP) is 0.957. The molecule has 0 aromatic rings. The van der Waals surface area contributed by atoms with E-state index in [1.807, 2.05) is 6.92 Å². The molecule has 2 atom stereocenters. The maximum atomic E-state index is 11.7. The molecular weight excluding hydrogens is 373 g/mol. The molecule has 1 N–H and O–H groups in total. The highest BCUT2D eigenvalue weighted by molar-refractivity contribution is 14.0. The highest BCUT2D eigenvalue weighted by atomic mass is 127. The van der Waals surface area contributed by atoms with Crippen LogP contribution in [0.15, 0.2) is 4.99 Å². The molecule has 1 heterocycles. The largest absolute Gasteiger partial charge is 0.469 e. The molecule has 7 heteroatoms. The molecule has 0 amide bonds. The van der Waals surface area contributed by atoms with Crippen molar-refractivity contribution in [1.29, 1.82) is 0 Å². The number of hydrogen-bond acceptors (Lipinski definition) is 4. The molecule has 0 aliphatic carbocycles. The van der Waals surface area contributed by atoms with E-state index in [0.29, 0.717) is 19.7 Å². The van der Waals surface area contributed by atoms with Crippen LogP contribution in [0.25, 0.3) is 0 Å². The van der Waals surface area contributed by atoms with Gasteiger partial charge in [0.15, 0.2) is 5.96 Å². The molecule has 0 aromatic carbocycles. The van der Waals surface area contributed by atoms with Gasteiger partial charge in [-0.3, -0.25) is 9.79 Å². The first-order chi connectivity index (χ1) is 9.13. The van der Waals surface area contributed by atoms with Crippen molar-refractivity contribution >= 4 is 35.9 Å². The third kappa shape index (κ3) is 5.43. The van der Waals surface area contributed by atoms with Crippen LogP contribution < -0.4 is 5.32 Å². The van der Waals surface area contributed by atoms with E-state index < -0.39 is 0 Å². The Morgan fingerprint density at radius 2 is 2.10 bits per heavy atom. The SMILES string of the molecule is CCNC(=NCCOC)N1CC(C)C(C(=O)OC)C1.I. The van der Waals surface area contributed by atoms with E-state index in [0.717, 1.165) is 19.0 Å². The van der Waals surface area contributed by atoms with Gasteiger partial charge in [-0.05, 0) is 12.8 Å². The lowest BCUT2D eigenvalue weighted by Gasteiger charge is -2.21. The number of carbonyl (C=O) groups excluding carboxylic acids is 1. The molecule has 1 aliphatic heterocycles. The van der Waals surface area contributed by atoms with Crippen LogP contribution >= 0.6 is 24.0 Å². The molecule has 6 nitrogen and oxygen atoms in total. The molecule has 0 aromatic heterocycles. The summed E-state index contributed by atoms with van der Waals surface area (Å²) in [6.07, 6.45) is 0. The minimum atomic E-state index is -0.136. The number of methoxy groups -OCH3 is 2. The molecule has 0 saturated carbocycles. The summed E-state index contributed by atoms with van der Waals surface area (Å²) in [6.45, 7) is 7.60. The molecule has 2 unspecified atom stereocenters. The van der Waals surface area contributed by atoms with Crippen LogP contribution in [0.4, 0.5) is 0 Å². The zero-order chi connectivity index (χ0) is 14.3. The van der Waals surface area contributed by atoms with Crippen molar-refractivity contribution in [2.45, 2.75) is 13.8 Å². The number of hydrogen-bond donors (Lipinski definition) is 1. The van der Waals surface area contributed by atoms with E-state index in [9.17, 15) is 4.79 Å². The Hall–Kier alpha value is -0.570. The number of carbonyl (C=O) groups is 1. The van der Waals surface area contributed by atoms with Gasteiger partial charge < -0.3 is 19.7 Å². The summed E-state index contributed by atoms with van der Waals surface area (Å²) in [5, 5.41) is 3.25. The van der Waals surface area contributed by atoms with Gasteiger partial charge >= 0.3 is 5.97 Å². The number of rotatable bonds is 5. The minimum Gasteiger partial charge on any atom is -0.469 e. The summed E-state index contributed by atoms with van der Waals surface area (Å²) in [6, 6.07) is 0. The normalized spacial score (nSPS) is 22.4. The van der Waals surface area contributed by atoms with Crippen LogP contribution in [0.3, 0.4) is 0 Å². The molecular formula is C13H26IN3O3. The highest BCUT2D eigenvalue weighted by Crippen LogP contribution is 2.24. The number of halogens is 1. The molecule has 0 bridgehead atoms. The maximum Gasteiger partial charge on any atom is 0.310 e. The third-order valence-corrected chi connectivity index (χ3v) is 3.31. The molecule has 1 aliphatic rings. The summed E-state index contributed by atoms with van der Waals surface area (Å²) in [5.74, 6) is 0.913.